The molecule has 10 nitrogen and oxygen atoms in total. The number of nitrogens with two attached hydrogens (primary N) is 1. The third-order valence-corrected chi connectivity index (χ3v) is 4.32. The molecule has 0 aromatic carbocycles. The molecule has 0 saturated carbocycles. The largest absolute Gasteiger partial charge is 0.480 e. The lowest BCUT2D eigenvalue weighted by molar-refractivity contribution is -0.146. The summed E-state index contributed by atoms with van der Waals surface area (Å²) < 4.78 is 0. The van der Waals surface area contributed by atoms with Gasteiger partial charge in [-0.1, -0.05) is 13.8 Å². The van der Waals surface area contributed by atoms with E-state index in [1.807, 2.05) is 0 Å². The van der Waals surface area contributed by atoms with E-state index in [4.69, 9.17) is 5.73 Å². The van der Waals surface area contributed by atoms with Gasteiger partial charge in [-0.3, -0.25) is 14.4 Å². The van der Waals surface area contributed by atoms with Crippen LogP contribution in [0.5, 0.6) is 0 Å². The zero-order chi connectivity index (χ0) is 20.0. The maximum Gasteiger partial charge on any atom is 0.326 e. The Morgan fingerprint density at radius 1 is 1.15 bits per heavy atom. The van der Waals surface area contributed by atoms with Crippen molar-refractivity contribution in [1.29, 1.82) is 0 Å². The summed E-state index contributed by atoms with van der Waals surface area (Å²) in [6, 6.07) is -3.14. The van der Waals surface area contributed by atoms with Crippen molar-refractivity contribution in [2.24, 2.45) is 11.7 Å². The fourth-order valence-corrected chi connectivity index (χ4v) is 2.87. The van der Waals surface area contributed by atoms with E-state index in [2.05, 4.69) is 10.6 Å². The van der Waals surface area contributed by atoms with E-state index >= 15 is 0 Å². The Labute approximate surface area is 152 Å². The molecule has 0 aromatic rings. The number of carbonyl (C=O) groups is 4. The fourth-order valence-electron chi connectivity index (χ4n) is 2.87. The summed E-state index contributed by atoms with van der Waals surface area (Å²) in [5, 5.41) is 23.8. The van der Waals surface area contributed by atoms with Crippen molar-refractivity contribution in [2.75, 3.05) is 13.1 Å². The Kier molecular flexibility index (Phi) is 7.97. The number of likely N-dealkylation sites (tertiary alicyclic amines) is 1. The van der Waals surface area contributed by atoms with Crippen LogP contribution in [0.15, 0.2) is 0 Å². The number of carboxylic acids is 1. The van der Waals surface area contributed by atoms with E-state index < -0.39 is 47.9 Å². The molecule has 0 aliphatic carbocycles. The number of amides is 3. The minimum atomic E-state index is -1.22. The Hall–Kier alpha value is -2.20. The summed E-state index contributed by atoms with van der Waals surface area (Å²) in [5.74, 6) is -3.24. The molecule has 3 amide bonds. The second-order valence-electron chi connectivity index (χ2n) is 6.75. The molecule has 10 heteroatoms. The zero-order valence-electron chi connectivity index (χ0n) is 15.3. The molecule has 0 bridgehead atoms. The molecule has 1 saturated heterocycles. The van der Waals surface area contributed by atoms with E-state index in [9.17, 15) is 29.4 Å². The van der Waals surface area contributed by atoms with Crippen LogP contribution >= 0.6 is 0 Å². The topological polar surface area (TPSA) is 162 Å². The van der Waals surface area contributed by atoms with Crippen molar-refractivity contribution in [3.63, 3.8) is 0 Å². The van der Waals surface area contributed by atoms with Crippen molar-refractivity contribution in [3.05, 3.63) is 0 Å². The van der Waals surface area contributed by atoms with Gasteiger partial charge >= 0.3 is 5.97 Å². The summed E-state index contributed by atoms with van der Waals surface area (Å²) >= 11 is 0. The number of hydrogen-bond donors (Lipinski definition) is 5. The summed E-state index contributed by atoms with van der Waals surface area (Å²) in [6.45, 7) is 4.63. The van der Waals surface area contributed by atoms with Gasteiger partial charge in [0.25, 0.3) is 0 Å². The second-order valence-corrected chi connectivity index (χ2v) is 6.75. The Morgan fingerprint density at radius 3 is 2.23 bits per heavy atom. The van der Waals surface area contributed by atoms with Gasteiger partial charge in [0.05, 0.1) is 12.6 Å². The van der Waals surface area contributed by atoms with Crippen LogP contribution in [-0.4, -0.2) is 76.1 Å². The number of hydrogen-bond acceptors (Lipinski definition) is 6. The van der Waals surface area contributed by atoms with E-state index in [0.717, 1.165) is 0 Å². The number of aliphatic carboxylic acids is 1. The number of carbonyl (C=O) groups excluding carboxylic acids is 3. The highest BCUT2D eigenvalue weighted by Gasteiger charge is 2.40. The Morgan fingerprint density at radius 2 is 1.77 bits per heavy atom. The number of aliphatic hydroxyl groups excluding tert-OH is 1. The van der Waals surface area contributed by atoms with Crippen molar-refractivity contribution >= 4 is 23.7 Å². The van der Waals surface area contributed by atoms with Gasteiger partial charge < -0.3 is 31.5 Å². The van der Waals surface area contributed by atoms with Crippen LogP contribution in [0.4, 0.5) is 0 Å². The molecule has 1 aliphatic rings. The lowest BCUT2D eigenvalue weighted by atomic mass is 10.0. The first-order valence-electron chi connectivity index (χ1n) is 8.61. The molecule has 26 heavy (non-hydrogen) atoms. The smallest absolute Gasteiger partial charge is 0.326 e. The molecular formula is C16H28N4O6. The molecule has 1 heterocycles. The molecule has 4 atom stereocenters. The molecule has 0 aromatic heterocycles. The SMILES string of the molecule is CC(C)C(NC(=O)C1CCCN1C(=O)C(NC(=O)CN)C(C)O)C(=O)O. The predicted molar refractivity (Wildman–Crippen MR) is 91.8 cm³/mol. The average Bonchev–Trinajstić information content (AvgIpc) is 3.05. The lowest BCUT2D eigenvalue weighted by Gasteiger charge is -2.30. The first-order chi connectivity index (χ1) is 12.1. The number of rotatable bonds is 8. The van der Waals surface area contributed by atoms with Crippen molar-refractivity contribution in [1.82, 2.24) is 15.5 Å². The van der Waals surface area contributed by atoms with Crippen molar-refractivity contribution < 1.29 is 29.4 Å². The van der Waals surface area contributed by atoms with Gasteiger partial charge in [-0.15, -0.1) is 0 Å². The van der Waals surface area contributed by atoms with Crippen LogP contribution in [0.3, 0.4) is 0 Å². The van der Waals surface area contributed by atoms with Crippen molar-refractivity contribution in [2.45, 2.75) is 57.8 Å². The Bertz CT molecular complexity index is 551. The van der Waals surface area contributed by atoms with E-state index in [-0.39, 0.29) is 19.0 Å². The van der Waals surface area contributed by atoms with Gasteiger partial charge in [0, 0.05) is 6.54 Å². The molecule has 148 valence electrons. The van der Waals surface area contributed by atoms with Gasteiger partial charge in [-0.2, -0.15) is 0 Å². The number of nitrogens with one attached hydrogen (secondary N) is 2. The summed E-state index contributed by atoms with van der Waals surface area (Å²) in [4.78, 5) is 49.3. The van der Waals surface area contributed by atoms with Crippen LogP contribution in [0.2, 0.25) is 0 Å². The Balaban J connectivity index is 2.90. The van der Waals surface area contributed by atoms with E-state index in [0.29, 0.717) is 12.8 Å². The van der Waals surface area contributed by atoms with Gasteiger partial charge in [0.2, 0.25) is 17.7 Å². The predicted octanol–water partition coefficient (Wildman–Crippen LogP) is -1.97. The van der Waals surface area contributed by atoms with E-state index in [1.54, 1.807) is 13.8 Å². The third-order valence-electron chi connectivity index (χ3n) is 4.32. The van der Waals surface area contributed by atoms with Gasteiger partial charge in [-0.05, 0) is 25.7 Å². The maximum absolute atomic E-state index is 12.7. The average molecular weight is 372 g/mol. The number of nitrogens with zero attached hydrogens (tertiary/aromatic N) is 1. The summed E-state index contributed by atoms with van der Waals surface area (Å²) in [7, 11) is 0. The van der Waals surface area contributed by atoms with Gasteiger partial charge in [0.15, 0.2) is 0 Å². The molecular weight excluding hydrogens is 344 g/mol. The third kappa shape index (κ3) is 5.40. The minimum Gasteiger partial charge on any atom is -0.480 e. The quantitative estimate of drug-likeness (QED) is 0.330. The summed E-state index contributed by atoms with van der Waals surface area (Å²) in [5.41, 5.74) is 5.22. The van der Waals surface area contributed by atoms with Gasteiger partial charge in [0.1, 0.15) is 18.1 Å². The van der Waals surface area contributed by atoms with Gasteiger partial charge in [-0.25, -0.2) is 4.79 Å². The fraction of sp³-hybridized carbons (Fsp3) is 0.750. The van der Waals surface area contributed by atoms with E-state index in [1.165, 1.54) is 11.8 Å². The normalized spacial score (nSPS) is 20.4. The summed E-state index contributed by atoms with van der Waals surface area (Å²) in [6.07, 6.45) is -0.246. The van der Waals surface area contributed by atoms with Crippen LogP contribution < -0.4 is 16.4 Å². The molecule has 1 fully saturated rings. The maximum atomic E-state index is 12.7. The first-order valence-corrected chi connectivity index (χ1v) is 8.61. The number of aliphatic hydroxyl groups is 1. The highest BCUT2D eigenvalue weighted by molar-refractivity contribution is 5.94. The minimum absolute atomic E-state index is 0.276. The molecule has 4 unspecified atom stereocenters. The van der Waals surface area contributed by atoms with Crippen molar-refractivity contribution in [3.8, 4) is 0 Å². The van der Waals surface area contributed by atoms with Crippen LogP contribution in [0.1, 0.15) is 33.6 Å². The van der Waals surface area contributed by atoms with Crippen LogP contribution in [0, 0.1) is 5.92 Å². The zero-order valence-corrected chi connectivity index (χ0v) is 15.3. The number of carboxylic acid groups (broad SMARTS) is 1. The monoisotopic (exact) mass is 372 g/mol. The van der Waals surface area contributed by atoms with Crippen LogP contribution in [0.25, 0.3) is 0 Å². The highest BCUT2D eigenvalue weighted by atomic mass is 16.4. The molecule has 0 radical (unpaired) electrons. The molecule has 0 spiro atoms. The molecule has 1 aliphatic heterocycles. The molecule has 6 N–H and O–H groups in total. The van der Waals surface area contributed by atoms with Crippen LogP contribution in [-0.2, 0) is 19.2 Å². The second kappa shape index (κ2) is 9.48. The first kappa shape index (κ1) is 21.8. The lowest BCUT2D eigenvalue weighted by Crippen LogP contribution is -2.58. The molecule has 1 rings (SSSR count). The standard InChI is InChI=1S/C16H28N4O6/c1-8(2)12(16(25)26)19-14(23)10-5-4-6-20(10)15(24)13(9(3)21)18-11(22)7-17/h8-10,12-13,21H,4-7,17H2,1-3H3,(H,18,22)(H,19,23)(H,25,26). The highest BCUT2D eigenvalue weighted by Crippen LogP contribution is 2.20.